The molecule has 0 saturated carbocycles. The van der Waals surface area contributed by atoms with E-state index in [4.69, 9.17) is 0 Å². The summed E-state index contributed by atoms with van der Waals surface area (Å²) in [6.07, 6.45) is 0. The minimum atomic E-state index is -3.67. The molecule has 50 valence electrons. The first kappa shape index (κ1) is 16.7. The average molecular weight is 176 g/mol. The summed E-state index contributed by atoms with van der Waals surface area (Å²) < 4.78 is 57.8. The third-order valence-electron chi connectivity index (χ3n) is 0. The fourth-order valence-electron chi connectivity index (χ4n) is 0. The van der Waals surface area contributed by atoms with Gasteiger partial charge in [-0.15, -0.1) is 0 Å². The number of hydrogen-bond donors (Lipinski definition) is 0. The van der Waals surface area contributed by atoms with Crippen LogP contribution in [0.25, 0.3) is 0 Å². The quantitative estimate of drug-likeness (QED) is 0.258. The van der Waals surface area contributed by atoms with Gasteiger partial charge < -0.3 is 13.2 Å². The van der Waals surface area contributed by atoms with Crippen molar-refractivity contribution in [2.45, 2.75) is 0 Å². The van der Waals surface area contributed by atoms with Crippen LogP contribution in [-0.2, 0) is 0 Å². The van der Waals surface area contributed by atoms with E-state index in [2.05, 4.69) is 0 Å². The zero-order valence-corrected chi connectivity index (χ0v) is 7.47. The Kier molecular flexibility index (Phi) is 22.3. The summed E-state index contributed by atoms with van der Waals surface area (Å²) >= 11 is 0. The smallest absolute Gasteiger partial charge is 0.385 e. The van der Waals surface area contributed by atoms with E-state index in [1.807, 2.05) is 0 Å². The van der Waals surface area contributed by atoms with Crippen LogP contribution in [0.5, 0.6) is 0 Å². The van der Waals surface area contributed by atoms with Crippen LogP contribution in [0.15, 0.2) is 0 Å². The average Bonchev–Trinajstić information content (AvgIpc) is 1.25. The molecule has 0 atom stereocenters. The zero-order valence-electron chi connectivity index (χ0n) is 4.35. The largest absolute Gasteiger partial charge is 1.00 e. The minimum Gasteiger partial charge on any atom is -0.385 e. The summed E-state index contributed by atoms with van der Waals surface area (Å²) in [7, 11) is -3.67. The molecule has 0 aromatic rings. The molecule has 0 aromatic heterocycles. The van der Waals surface area contributed by atoms with Gasteiger partial charge in [-0.3, -0.25) is 12.9 Å². The van der Waals surface area contributed by atoms with E-state index in [1.165, 1.54) is 0 Å². The first-order valence-corrected chi connectivity index (χ1v) is 1.22. The standard InChI is InChI=1S/CF3.BF3.K/c2*2-1(3)4;/q-1;;+1. The molecule has 0 aromatic carbocycles. The third kappa shape index (κ3) is 300. The Morgan fingerprint density at radius 2 is 0.889 bits per heavy atom. The maximum atomic E-state index is 9.67. The molecular formula is CBF6K. The molecule has 8 heteroatoms. The summed E-state index contributed by atoms with van der Waals surface area (Å²) in [6.45, 7) is -3.08. The third-order valence-corrected chi connectivity index (χ3v) is 0. The van der Waals surface area contributed by atoms with E-state index in [1.54, 1.807) is 0 Å². The van der Waals surface area contributed by atoms with Crippen LogP contribution in [0.4, 0.5) is 26.1 Å². The maximum absolute atomic E-state index is 9.67. The fourth-order valence-corrected chi connectivity index (χ4v) is 0. The Morgan fingerprint density at radius 1 is 0.889 bits per heavy atom. The van der Waals surface area contributed by atoms with Gasteiger partial charge in [0.2, 0.25) is 0 Å². The molecule has 0 bridgehead atoms. The Labute approximate surface area is 90.6 Å². The van der Waals surface area contributed by atoms with E-state index < -0.39 is 14.2 Å². The van der Waals surface area contributed by atoms with E-state index in [9.17, 15) is 26.1 Å². The molecule has 0 unspecified atom stereocenters. The molecule has 0 aliphatic carbocycles. The molecule has 0 radical (unpaired) electrons. The first-order valence-electron chi connectivity index (χ1n) is 1.22. The molecule has 0 nitrogen and oxygen atoms in total. The van der Waals surface area contributed by atoms with Crippen molar-refractivity contribution in [3.8, 4) is 0 Å². The molecule has 0 amide bonds. The second kappa shape index (κ2) is 12.0. The van der Waals surface area contributed by atoms with Crippen molar-refractivity contribution in [3.63, 3.8) is 0 Å². The van der Waals surface area contributed by atoms with Crippen molar-refractivity contribution >= 4 is 7.54 Å². The predicted molar refractivity (Wildman–Crippen MR) is 15.6 cm³/mol. The first-order chi connectivity index (χ1) is 3.46. The molecule has 0 heterocycles. The van der Waals surface area contributed by atoms with E-state index in [0.29, 0.717) is 0 Å². The van der Waals surface area contributed by atoms with Gasteiger partial charge in [0.1, 0.15) is 0 Å². The summed E-state index contributed by atoms with van der Waals surface area (Å²) in [5.41, 5.74) is 0. The SMILES string of the molecule is FB(F)F.F[C-](F)F.[K+]. The van der Waals surface area contributed by atoms with Crippen molar-refractivity contribution in [1.29, 1.82) is 0 Å². The number of halogens is 6. The number of rotatable bonds is 0. The van der Waals surface area contributed by atoms with Gasteiger partial charge in [0.25, 0.3) is 0 Å². The van der Waals surface area contributed by atoms with Crippen LogP contribution < -0.4 is 51.4 Å². The second-order valence-corrected chi connectivity index (χ2v) is 0.462. The van der Waals surface area contributed by atoms with Crippen molar-refractivity contribution in [2.75, 3.05) is 0 Å². The summed E-state index contributed by atoms with van der Waals surface area (Å²) in [6, 6.07) is 0. The minimum absolute atomic E-state index is 0. The molecule has 0 N–H and O–H groups in total. The van der Waals surface area contributed by atoms with Gasteiger partial charge in [0, 0.05) is 0 Å². The Balaban J connectivity index is -0.0000000720. The summed E-state index contributed by atoms with van der Waals surface area (Å²) in [4.78, 5) is 0. The van der Waals surface area contributed by atoms with E-state index in [-0.39, 0.29) is 51.4 Å². The molecule has 0 spiro atoms. The van der Waals surface area contributed by atoms with Crippen LogP contribution in [0.1, 0.15) is 0 Å². The monoisotopic (exact) mass is 176 g/mol. The van der Waals surface area contributed by atoms with Gasteiger partial charge in [-0.1, -0.05) is 0 Å². The molecule has 0 aliphatic heterocycles. The van der Waals surface area contributed by atoms with E-state index in [0.717, 1.165) is 0 Å². The van der Waals surface area contributed by atoms with Gasteiger partial charge in [0.05, 0.1) is 0 Å². The number of hydrogen-bond acceptors (Lipinski definition) is 0. The predicted octanol–water partition coefficient (Wildman–Crippen LogP) is -0.774. The van der Waals surface area contributed by atoms with Crippen molar-refractivity contribution in [2.24, 2.45) is 0 Å². The van der Waals surface area contributed by atoms with Crippen LogP contribution >= 0.6 is 0 Å². The van der Waals surface area contributed by atoms with Crippen molar-refractivity contribution in [1.82, 2.24) is 0 Å². The van der Waals surface area contributed by atoms with Crippen LogP contribution in [-0.4, -0.2) is 7.54 Å². The molecular weight excluding hydrogens is 176 g/mol. The van der Waals surface area contributed by atoms with Gasteiger partial charge in [0.15, 0.2) is 6.68 Å². The summed E-state index contributed by atoms with van der Waals surface area (Å²) in [5.74, 6) is 0. The Bertz CT molecular complexity index is 28.5. The van der Waals surface area contributed by atoms with E-state index >= 15 is 0 Å². The zero-order chi connectivity index (χ0) is 7.15. The molecule has 0 aliphatic rings. The van der Waals surface area contributed by atoms with Crippen LogP contribution in [0.3, 0.4) is 0 Å². The molecule has 0 fully saturated rings. The Hall–Kier alpha value is 1.28. The van der Waals surface area contributed by atoms with Crippen molar-refractivity contribution in [3.05, 3.63) is 6.68 Å². The second-order valence-electron chi connectivity index (χ2n) is 0.462. The van der Waals surface area contributed by atoms with Gasteiger partial charge in [-0.05, 0) is 0 Å². The maximum Gasteiger partial charge on any atom is 1.00 e. The normalized spacial score (nSPS) is 7.00. The van der Waals surface area contributed by atoms with Crippen molar-refractivity contribution < 1.29 is 77.5 Å². The summed E-state index contributed by atoms with van der Waals surface area (Å²) in [5, 5.41) is 0. The van der Waals surface area contributed by atoms with Gasteiger partial charge >= 0.3 is 58.9 Å². The molecule has 0 saturated heterocycles. The molecule has 9 heavy (non-hydrogen) atoms. The van der Waals surface area contributed by atoms with Crippen LogP contribution in [0.2, 0.25) is 0 Å². The topological polar surface area (TPSA) is 0 Å². The van der Waals surface area contributed by atoms with Gasteiger partial charge in [-0.25, -0.2) is 0 Å². The molecule has 0 rings (SSSR count). The fraction of sp³-hybridized carbons (Fsp3) is 0. The Morgan fingerprint density at radius 3 is 0.889 bits per heavy atom. The van der Waals surface area contributed by atoms with Gasteiger partial charge in [-0.2, -0.15) is 0 Å². The van der Waals surface area contributed by atoms with Crippen LogP contribution in [0, 0.1) is 6.68 Å².